The molecule has 7 nitrogen and oxygen atoms in total. The third-order valence-corrected chi connectivity index (χ3v) is 4.78. The second-order valence-corrected chi connectivity index (χ2v) is 7.35. The van der Waals surface area contributed by atoms with Gasteiger partial charge in [-0.2, -0.15) is 0 Å². The Balaban J connectivity index is 1.45. The first-order chi connectivity index (χ1) is 15.4. The monoisotopic (exact) mass is 430 g/mol. The molecule has 0 fully saturated rings. The molecule has 0 saturated heterocycles. The average molecular weight is 431 g/mol. The smallest absolute Gasteiger partial charge is 0.255 e. The first-order valence-corrected chi connectivity index (χ1v) is 10.2. The second-order valence-electron chi connectivity index (χ2n) is 7.35. The van der Waals surface area contributed by atoms with Gasteiger partial charge in [-0.15, -0.1) is 0 Å². The number of amides is 3. The van der Waals surface area contributed by atoms with Crippen molar-refractivity contribution in [1.82, 2.24) is 10.6 Å². The Bertz CT molecular complexity index is 1060. The molecule has 0 spiro atoms. The number of hydrogen-bond acceptors (Lipinski definition) is 4. The highest BCUT2D eigenvalue weighted by molar-refractivity contribution is 6.04. The Kier molecular flexibility index (Phi) is 7.59. The fourth-order valence-corrected chi connectivity index (χ4v) is 2.96. The number of carbonyl (C=O) groups excluding carboxylic acids is 3. The van der Waals surface area contributed by atoms with E-state index in [9.17, 15) is 14.4 Å². The van der Waals surface area contributed by atoms with Crippen molar-refractivity contribution < 1.29 is 14.4 Å². The maximum atomic E-state index is 12.4. The van der Waals surface area contributed by atoms with Gasteiger partial charge in [-0.05, 0) is 60.7 Å². The molecule has 0 atom stereocenters. The third-order valence-electron chi connectivity index (χ3n) is 4.78. The topological polar surface area (TPSA) is 90.5 Å². The molecule has 3 aromatic rings. The number of nitrogens with zero attached hydrogens (tertiary/aromatic N) is 1. The molecule has 3 rings (SSSR count). The SMILES string of the molecule is CN(C)c1ccc(C(=O)Nc2ccc(C(=O)NCCNC(=O)c3ccccc3)cc2)cc1. The number of rotatable bonds is 8. The summed E-state index contributed by atoms with van der Waals surface area (Å²) in [4.78, 5) is 38.6. The Labute approximate surface area is 187 Å². The van der Waals surface area contributed by atoms with Crippen LogP contribution in [-0.4, -0.2) is 44.9 Å². The molecular weight excluding hydrogens is 404 g/mol. The fraction of sp³-hybridized carbons (Fsp3) is 0.160. The van der Waals surface area contributed by atoms with Crippen LogP contribution in [0.1, 0.15) is 31.1 Å². The zero-order chi connectivity index (χ0) is 22.9. The van der Waals surface area contributed by atoms with Crippen molar-refractivity contribution in [2.75, 3.05) is 37.4 Å². The van der Waals surface area contributed by atoms with Gasteiger partial charge in [-0.3, -0.25) is 14.4 Å². The average Bonchev–Trinajstić information content (AvgIpc) is 2.82. The number of benzene rings is 3. The summed E-state index contributed by atoms with van der Waals surface area (Å²) < 4.78 is 0. The maximum absolute atomic E-state index is 12.4. The molecule has 3 aromatic carbocycles. The van der Waals surface area contributed by atoms with Gasteiger partial charge in [0.05, 0.1) is 0 Å². The molecule has 7 heteroatoms. The van der Waals surface area contributed by atoms with Crippen molar-refractivity contribution in [3.8, 4) is 0 Å². The van der Waals surface area contributed by atoms with E-state index in [1.165, 1.54) is 0 Å². The molecule has 0 bridgehead atoms. The molecule has 0 aromatic heterocycles. The summed E-state index contributed by atoms with van der Waals surface area (Å²) in [6.45, 7) is 0.624. The largest absolute Gasteiger partial charge is 0.378 e. The van der Waals surface area contributed by atoms with Gasteiger partial charge in [0.1, 0.15) is 0 Å². The maximum Gasteiger partial charge on any atom is 0.255 e. The molecule has 0 aliphatic heterocycles. The van der Waals surface area contributed by atoms with E-state index in [2.05, 4.69) is 16.0 Å². The minimum Gasteiger partial charge on any atom is -0.378 e. The lowest BCUT2D eigenvalue weighted by atomic mass is 10.1. The van der Waals surface area contributed by atoms with E-state index in [0.29, 0.717) is 35.5 Å². The third kappa shape index (κ3) is 6.18. The molecule has 0 saturated carbocycles. The summed E-state index contributed by atoms with van der Waals surface area (Å²) in [6.07, 6.45) is 0. The quantitative estimate of drug-likeness (QED) is 0.479. The summed E-state index contributed by atoms with van der Waals surface area (Å²) in [6, 6.07) is 22.8. The normalized spacial score (nSPS) is 10.2. The molecule has 3 amide bonds. The molecular formula is C25H26N4O3. The number of anilines is 2. The first kappa shape index (κ1) is 22.6. The highest BCUT2D eigenvalue weighted by atomic mass is 16.2. The van der Waals surface area contributed by atoms with Crippen molar-refractivity contribution >= 4 is 29.1 Å². The van der Waals surface area contributed by atoms with Crippen molar-refractivity contribution in [2.24, 2.45) is 0 Å². The van der Waals surface area contributed by atoms with Crippen molar-refractivity contribution in [1.29, 1.82) is 0 Å². The van der Waals surface area contributed by atoms with Gasteiger partial charge in [0.15, 0.2) is 0 Å². The lowest BCUT2D eigenvalue weighted by Crippen LogP contribution is -2.34. The molecule has 0 heterocycles. The van der Waals surface area contributed by atoms with Crippen LogP contribution in [0, 0.1) is 0 Å². The number of carbonyl (C=O) groups is 3. The summed E-state index contributed by atoms with van der Waals surface area (Å²) in [5.74, 6) is -0.658. The van der Waals surface area contributed by atoms with Crippen LogP contribution in [0.4, 0.5) is 11.4 Å². The van der Waals surface area contributed by atoms with Crippen LogP contribution < -0.4 is 20.9 Å². The van der Waals surface area contributed by atoms with Gasteiger partial charge >= 0.3 is 0 Å². The Morgan fingerprint density at radius 2 is 1.09 bits per heavy atom. The molecule has 3 N–H and O–H groups in total. The first-order valence-electron chi connectivity index (χ1n) is 10.2. The zero-order valence-corrected chi connectivity index (χ0v) is 18.1. The summed E-state index contributed by atoms with van der Waals surface area (Å²) in [7, 11) is 3.88. The van der Waals surface area contributed by atoms with E-state index in [0.717, 1.165) is 5.69 Å². The summed E-state index contributed by atoms with van der Waals surface area (Å²) in [5, 5.41) is 8.34. The van der Waals surface area contributed by atoms with E-state index in [4.69, 9.17) is 0 Å². The van der Waals surface area contributed by atoms with Crippen LogP contribution in [0.5, 0.6) is 0 Å². The highest BCUT2D eigenvalue weighted by Crippen LogP contribution is 2.15. The second kappa shape index (κ2) is 10.8. The number of nitrogens with one attached hydrogen (secondary N) is 3. The Hall–Kier alpha value is -4.13. The van der Waals surface area contributed by atoms with Crippen LogP contribution in [-0.2, 0) is 0 Å². The molecule has 0 aliphatic rings. The highest BCUT2D eigenvalue weighted by Gasteiger charge is 2.09. The predicted octanol–water partition coefficient (Wildman–Crippen LogP) is 3.16. The molecule has 0 radical (unpaired) electrons. The van der Waals surface area contributed by atoms with Gasteiger partial charge in [-0.1, -0.05) is 18.2 Å². The Morgan fingerprint density at radius 1 is 0.625 bits per heavy atom. The van der Waals surface area contributed by atoms with E-state index in [-0.39, 0.29) is 17.7 Å². The van der Waals surface area contributed by atoms with Crippen molar-refractivity contribution in [2.45, 2.75) is 0 Å². The zero-order valence-electron chi connectivity index (χ0n) is 18.1. The van der Waals surface area contributed by atoms with Gasteiger partial charge in [0, 0.05) is 55.2 Å². The van der Waals surface area contributed by atoms with Crippen LogP contribution in [0.3, 0.4) is 0 Å². The number of hydrogen-bond donors (Lipinski definition) is 3. The molecule has 164 valence electrons. The van der Waals surface area contributed by atoms with E-state index >= 15 is 0 Å². The van der Waals surface area contributed by atoms with E-state index in [1.807, 2.05) is 37.2 Å². The van der Waals surface area contributed by atoms with Gasteiger partial charge < -0.3 is 20.9 Å². The van der Waals surface area contributed by atoms with Gasteiger partial charge in [0.25, 0.3) is 17.7 Å². The molecule has 32 heavy (non-hydrogen) atoms. The minimum absolute atomic E-state index is 0.184. The lowest BCUT2D eigenvalue weighted by molar-refractivity contribution is 0.0927. The van der Waals surface area contributed by atoms with Gasteiger partial charge in [0.2, 0.25) is 0 Å². The van der Waals surface area contributed by atoms with Crippen molar-refractivity contribution in [3.63, 3.8) is 0 Å². The van der Waals surface area contributed by atoms with E-state index < -0.39 is 0 Å². The molecule has 0 aliphatic carbocycles. The Morgan fingerprint density at radius 3 is 1.62 bits per heavy atom. The van der Waals surface area contributed by atoms with E-state index in [1.54, 1.807) is 60.7 Å². The summed E-state index contributed by atoms with van der Waals surface area (Å²) >= 11 is 0. The summed E-state index contributed by atoms with van der Waals surface area (Å²) in [5.41, 5.74) is 3.20. The fourth-order valence-electron chi connectivity index (χ4n) is 2.96. The van der Waals surface area contributed by atoms with Crippen molar-refractivity contribution in [3.05, 3.63) is 95.6 Å². The predicted molar refractivity (Wildman–Crippen MR) is 126 cm³/mol. The van der Waals surface area contributed by atoms with Crippen LogP contribution in [0.2, 0.25) is 0 Å². The van der Waals surface area contributed by atoms with Crippen LogP contribution >= 0.6 is 0 Å². The van der Waals surface area contributed by atoms with Crippen LogP contribution in [0.15, 0.2) is 78.9 Å². The lowest BCUT2D eigenvalue weighted by Gasteiger charge is -2.12. The minimum atomic E-state index is -0.254. The standard InChI is InChI=1S/C25H26N4O3/c1-29(2)22-14-10-20(11-15-22)25(32)28-21-12-8-19(9-13-21)24(31)27-17-16-26-23(30)18-6-4-3-5-7-18/h3-15H,16-17H2,1-2H3,(H,26,30)(H,27,31)(H,28,32). The van der Waals surface area contributed by atoms with Crippen LogP contribution in [0.25, 0.3) is 0 Å². The van der Waals surface area contributed by atoms with Gasteiger partial charge in [-0.25, -0.2) is 0 Å². The molecule has 0 unspecified atom stereocenters.